The Balaban J connectivity index is 3.51. The van der Waals surface area contributed by atoms with Crippen molar-refractivity contribution in [2.24, 2.45) is 0 Å². The van der Waals surface area contributed by atoms with Crippen molar-refractivity contribution in [2.75, 3.05) is 6.61 Å². The van der Waals surface area contributed by atoms with Crippen molar-refractivity contribution < 1.29 is 21.0 Å². The number of nitrogens with one attached hydrogen (secondary N) is 1. The molecule has 0 aliphatic rings. The summed E-state index contributed by atoms with van der Waals surface area (Å²) in [5.74, 6) is -1.88. The van der Waals surface area contributed by atoms with Crippen LogP contribution in [-0.4, -0.2) is 24.7 Å². The average Bonchev–Trinajstić information content (AvgIpc) is 2.61. The quantitative estimate of drug-likeness (QED) is 0.157. The second-order valence-electron chi connectivity index (χ2n) is 7.33. The van der Waals surface area contributed by atoms with E-state index in [2.05, 4.69) is 6.92 Å². The fourth-order valence-electron chi connectivity index (χ4n) is 3.13. The summed E-state index contributed by atoms with van der Waals surface area (Å²) in [7, 11) is 0. The van der Waals surface area contributed by atoms with Gasteiger partial charge >= 0.3 is 12.1 Å². The van der Waals surface area contributed by atoms with Gasteiger partial charge in [-0.25, -0.2) is 0 Å². The van der Waals surface area contributed by atoms with E-state index in [4.69, 9.17) is 3.07 Å². The van der Waals surface area contributed by atoms with Crippen LogP contribution in [0.4, 0.5) is 13.2 Å². The Morgan fingerprint density at radius 3 is 1.63 bits per heavy atom. The van der Waals surface area contributed by atoms with Gasteiger partial charge in [0, 0.05) is 0 Å². The van der Waals surface area contributed by atoms with Crippen molar-refractivity contribution in [3.8, 4) is 0 Å². The van der Waals surface area contributed by atoms with Gasteiger partial charge in [0.05, 0.1) is 12.6 Å². The highest BCUT2D eigenvalue weighted by molar-refractivity contribution is 14.1. The van der Waals surface area contributed by atoms with Crippen LogP contribution >= 0.6 is 23.0 Å². The van der Waals surface area contributed by atoms with E-state index in [1.54, 1.807) is 23.0 Å². The van der Waals surface area contributed by atoms with Gasteiger partial charge in [0.1, 0.15) is 23.0 Å². The van der Waals surface area contributed by atoms with Gasteiger partial charge in [-0.05, 0) is 6.42 Å². The Hall–Kier alpha value is -0.0500. The van der Waals surface area contributed by atoms with E-state index in [-0.39, 0.29) is 6.61 Å². The van der Waals surface area contributed by atoms with Gasteiger partial charge in [-0.15, -0.1) is 0 Å². The zero-order valence-corrected chi connectivity index (χ0v) is 18.9. The van der Waals surface area contributed by atoms with Crippen LogP contribution in [0.3, 0.4) is 0 Å². The maximum Gasteiger partial charge on any atom is 0.471 e. The first kappa shape index (κ1) is 27.0. The largest absolute Gasteiger partial charge is 0.471 e. The number of rotatable bonds is 18. The zero-order valence-electron chi connectivity index (χ0n) is 16.7. The molecule has 0 saturated heterocycles. The predicted octanol–water partition coefficient (Wildman–Crippen LogP) is 7.27. The summed E-state index contributed by atoms with van der Waals surface area (Å²) in [6, 6.07) is -0.576. The molecule has 0 rings (SSSR count). The fraction of sp³-hybridized carbons (Fsp3) is 0.950. The summed E-state index contributed by atoms with van der Waals surface area (Å²) in [5.41, 5.74) is 0. The molecule has 7 heteroatoms. The lowest BCUT2D eigenvalue weighted by molar-refractivity contribution is -0.174. The number of alkyl halides is 3. The van der Waals surface area contributed by atoms with Crippen LogP contribution in [0, 0.1) is 0 Å². The molecular weight excluding hydrogens is 470 g/mol. The molecule has 0 spiro atoms. The van der Waals surface area contributed by atoms with Gasteiger partial charge < -0.3 is 8.38 Å². The van der Waals surface area contributed by atoms with Gasteiger partial charge in [0.25, 0.3) is 0 Å². The average molecular weight is 507 g/mol. The van der Waals surface area contributed by atoms with Crippen molar-refractivity contribution in [1.82, 2.24) is 5.32 Å². The first-order valence-electron chi connectivity index (χ1n) is 10.5. The standard InChI is InChI=1S/C20H37F3INO2/c1-2-3-4-5-6-7-8-9-10-11-12-13-14-15-16-18(17-27-24)25-19(26)20(21,22)23/h18H,2-17H2,1H3,(H,25,26)/t18-/m1/s1. The Kier molecular flexibility index (Phi) is 18.0. The number of hydrogen-bond acceptors (Lipinski definition) is 2. The molecule has 1 atom stereocenters. The Bertz CT molecular complexity index is 355. The molecule has 0 saturated carbocycles. The first-order valence-corrected chi connectivity index (χ1v) is 11.4. The number of carbonyl (C=O) groups is 1. The molecule has 0 heterocycles. The molecule has 0 aromatic carbocycles. The van der Waals surface area contributed by atoms with Crippen molar-refractivity contribution in [3.05, 3.63) is 0 Å². The van der Waals surface area contributed by atoms with Crippen molar-refractivity contribution in [3.63, 3.8) is 0 Å². The van der Waals surface area contributed by atoms with Crippen LogP contribution in [0.5, 0.6) is 0 Å². The normalized spacial score (nSPS) is 12.9. The monoisotopic (exact) mass is 507 g/mol. The molecule has 162 valence electrons. The summed E-state index contributed by atoms with van der Waals surface area (Å²) in [5, 5.41) is 2.01. The number of unbranched alkanes of at least 4 members (excludes halogenated alkanes) is 13. The highest BCUT2D eigenvalue weighted by Crippen LogP contribution is 2.17. The second kappa shape index (κ2) is 18.0. The van der Waals surface area contributed by atoms with Crippen LogP contribution in [0.1, 0.15) is 103 Å². The molecule has 27 heavy (non-hydrogen) atoms. The van der Waals surface area contributed by atoms with E-state index in [1.807, 2.05) is 5.32 Å². The van der Waals surface area contributed by atoms with Gasteiger partial charge in [-0.3, -0.25) is 4.79 Å². The summed E-state index contributed by atoms with van der Waals surface area (Å²) in [6.07, 6.45) is 13.1. The molecule has 1 amide bonds. The molecule has 0 radical (unpaired) electrons. The summed E-state index contributed by atoms with van der Waals surface area (Å²) in [6.45, 7) is 2.34. The second-order valence-corrected chi connectivity index (χ2v) is 7.95. The fourth-order valence-corrected chi connectivity index (χ4v) is 3.56. The summed E-state index contributed by atoms with van der Waals surface area (Å²) < 4.78 is 41.8. The lowest BCUT2D eigenvalue weighted by Gasteiger charge is -2.18. The van der Waals surface area contributed by atoms with Gasteiger partial charge in [0.2, 0.25) is 0 Å². The maximum atomic E-state index is 12.3. The molecule has 0 aromatic heterocycles. The van der Waals surface area contributed by atoms with E-state index in [1.165, 1.54) is 70.6 Å². The number of halogens is 4. The van der Waals surface area contributed by atoms with Gasteiger partial charge in [-0.2, -0.15) is 13.2 Å². The van der Waals surface area contributed by atoms with E-state index >= 15 is 0 Å². The van der Waals surface area contributed by atoms with Crippen LogP contribution < -0.4 is 5.32 Å². The number of hydrogen-bond donors (Lipinski definition) is 1. The lowest BCUT2D eigenvalue weighted by Crippen LogP contribution is -2.44. The Morgan fingerprint density at radius 2 is 1.26 bits per heavy atom. The highest BCUT2D eigenvalue weighted by atomic mass is 127. The third-order valence-electron chi connectivity index (χ3n) is 4.76. The number of carbonyl (C=O) groups excluding carboxylic acids is 1. The van der Waals surface area contributed by atoms with Gasteiger partial charge in [-0.1, -0.05) is 96.8 Å². The molecular formula is C20H37F3INO2. The molecule has 0 aliphatic carbocycles. The predicted molar refractivity (Wildman–Crippen MR) is 113 cm³/mol. The maximum absolute atomic E-state index is 12.3. The van der Waals surface area contributed by atoms with E-state index < -0.39 is 18.1 Å². The Morgan fingerprint density at radius 1 is 0.852 bits per heavy atom. The smallest absolute Gasteiger partial charge is 0.343 e. The lowest BCUT2D eigenvalue weighted by atomic mass is 10.0. The minimum Gasteiger partial charge on any atom is -0.343 e. The topological polar surface area (TPSA) is 38.3 Å². The van der Waals surface area contributed by atoms with Crippen LogP contribution in [0.2, 0.25) is 0 Å². The van der Waals surface area contributed by atoms with Crippen LogP contribution in [0.15, 0.2) is 0 Å². The molecule has 0 bridgehead atoms. The third-order valence-corrected chi connectivity index (χ3v) is 5.12. The minimum absolute atomic E-state index is 0.0980. The van der Waals surface area contributed by atoms with Crippen molar-refractivity contribution in [2.45, 2.75) is 115 Å². The molecule has 1 N–H and O–H groups in total. The van der Waals surface area contributed by atoms with Crippen LogP contribution in [0.25, 0.3) is 0 Å². The summed E-state index contributed by atoms with van der Waals surface area (Å²) in [4.78, 5) is 11.0. The SMILES string of the molecule is CCCCCCCCCCCCCCCC[C@H](COI)NC(=O)C(F)(F)F. The molecule has 0 unspecified atom stereocenters. The van der Waals surface area contributed by atoms with E-state index in [9.17, 15) is 18.0 Å². The molecule has 0 aromatic rings. The van der Waals surface area contributed by atoms with Crippen molar-refractivity contribution >= 4 is 28.9 Å². The van der Waals surface area contributed by atoms with Gasteiger partial charge in [0.15, 0.2) is 0 Å². The first-order chi connectivity index (χ1) is 12.9. The molecule has 0 aliphatic heterocycles. The highest BCUT2D eigenvalue weighted by Gasteiger charge is 2.39. The molecule has 0 fully saturated rings. The third kappa shape index (κ3) is 17.8. The van der Waals surface area contributed by atoms with E-state index in [0.717, 1.165) is 19.3 Å². The number of amides is 1. The molecule has 3 nitrogen and oxygen atoms in total. The van der Waals surface area contributed by atoms with Crippen LogP contribution in [-0.2, 0) is 7.86 Å². The Labute approximate surface area is 177 Å². The zero-order chi connectivity index (χ0) is 20.4. The minimum atomic E-state index is -4.83. The van der Waals surface area contributed by atoms with Crippen molar-refractivity contribution in [1.29, 1.82) is 0 Å². The summed E-state index contributed by atoms with van der Waals surface area (Å²) >= 11 is 1.64. The van der Waals surface area contributed by atoms with E-state index in [0.29, 0.717) is 6.42 Å².